The highest BCUT2D eigenvalue weighted by atomic mass is 79.9. The number of hydrogen-bond donors (Lipinski definition) is 0. The van der Waals surface area contributed by atoms with Gasteiger partial charge in [0.1, 0.15) is 0 Å². The quantitative estimate of drug-likeness (QED) is 0.298. The van der Waals surface area contributed by atoms with Crippen molar-refractivity contribution in [1.29, 1.82) is 0 Å². The topological polar surface area (TPSA) is 60.9 Å². The molecule has 0 aliphatic carbocycles. The zero-order valence-electron chi connectivity index (χ0n) is 20.6. The van der Waals surface area contributed by atoms with Gasteiger partial charge in [-0.25, -0.2) is 8.42 Å². The fourth-order valence-corrected chi connectivity index (χ4v) is 6.25. The zero-order chi connectivity index (χ0) is 27.1. The smallest absolute Gasteiger partial charge is 0.243 e. The van der Waals surface area contributed by atoms with Crippen molar-refractivity contribution in [3.63, 3.8) is 0 Å². The summed E-state index contributed by atoms with van der Waals surface area (Å²) in [7, 11) is -3.97. The van der Waals surface area contributed by atoms with E-state index in [1.54, 1.807) is 35.2 Å². The summed E-state index contributed by atoms with van der Waals surface area (Å²) in [6, 6.07) is 21.4. The normalized spacial score (nSPS) is 14.9. The van der Waals surface area contributed by atoms with E-state index >= 15 is 0 Å². The number of halogens is 3. The van der Waals surface area contributed by atoms with Gasteiger partial charge in [0.05, 0.1) is 11.4 Å². The van der Waals surface area contributed by atoms with E-state index in [0.717, 1.165) is 16.6 Å². The van der Waals surface area contributed by atoms with Crippen molar-refractivity contribution in [2.24, 2.45) is 0 Å². The van der Waals surface area contributed by atoms with Crippen LogP contribution < -0.4 is 0 Å². The molecule has 3 aromatic rings. The second-order valence-electron chi connectivity index (χ2n) is 8.96. The number of nitrogens with zero attached hydrogens (tertiary/aromatic N) is 3. The first-order valence-electron chi connectivity index (χ1n) is 12.1. The maximum absolute atomic E-state index is 13.6. The van der Waals surface area contributed by atoms with Gasteiger partial charge in [-0.15, -0.1) is 0 Å². The second-order valence-corrected chi connectivity index (χ2v) is 12.7. The largest absolute Gasteiger partial charge is 0.339 e. The first-order valence-corrected chi connectivity index (χ1v) is 15.1. The van der Waals surface area contributed by atoms with E-state index in [1.165, 1.54) is 16.4 Å². The van der Waals surface area contributed by atoms with Gasteiger partial charge in [-0.3, -0.25) is 9.69 Å². The molecule has 1 amide bonds. The minimum absolute atomic E-state index is 0.0512. The highest BCUT2D eigenvalue weighted by Crippen LogP contribution is 2.26. The molecule has 1 fully saturated rings. The Kier molecular flexibility index (Phi) is 10.0. The Bertz CT molecular complexity index is 1380. The van der Waals surface area contributed by atoms with Crippen molar-refractivity contribution in [1.82, 2.24) is 14.1 Å². The molecule has 200 valence electrons. The lowest BCUT2D eigenvalue weighted by Gasteiger charge is -2.35. The van der Waals surface area contributed by atoms with Crippen molar-refractivity contribution in [3.05, 3.63) is 105 Å². The third kappa shape index (κ3) is 7.68. The van der Waals surface area contributed by atoms with E-state index in [2.05, 4.69) is 45.1 Å². The van der Waals surface area contributed by atoms with E-state index in [1.807, 2.05) is 18.2 Å². The summed E-state index contributed by atoms with van der Waals surface area (Å²) in [6.45, 7) is 2.95. The van der Waals surface area contributed by atoms with Crippen LogP contribution in [-0.4, -0.2) is 67.7 Å². The van der Waals surface area contributed by atoms with Gasteiger partial charge >= 0.3 is 0 Å². The summed E-state index contributed by atoms with van der Waals surface area (Å²) < 4.78 is 29.1. The number of hydrogen-bond acceptors (Lipinski definition) is 4. The van der Waals surface area contributed by atoms with Crippen LogP contribution in [-0.2, 0) is 21.4 Å². The Morgan fingerprint density at radius 3 is 2.29 bits per heavy atom. The molecule has 4 rings (SSSR count). The molecule has 0 aromatic heterocycles. The number of sulfonamides is 1. The molecule has 0 unspecified atom stereocenters. The Hall–Kier alpha value is -2.20. The maximum Gasteiger partial charge on any atom is 0.243 e. The third-order valence-corrected chi connectivity index (χ3v) is 9.24. The molecular weight excluding hydrogens is 609 g/mol. The van der Waals surface area contributed by atoms with Crippen LogP contribution in [0.2, 0.25) is 10.0 Å². The summed E-state index contributed by atoms with van der Waals surface area (Å²) in [4.78, 5) is 17.4. The lowest BCUT2D eigenvalue weighted by atomic mass is 10.2. The van der Waals surface area contributed by atoms with Crippen LogP contribution >= 0.6 is 39.1 Å². The van der Waals surface area contributed by atoms with Gasteiger partial charge in [0.15, 0.2) is 0 Å². The minimum Gasteiger partial charge on any atom is -0.339 e. The lowest BCUT2D eigenvalue weighted by molar-refractivity contribution is -0.133. The predicted molar refractivity (Wildman–Crippen MR) is 157 cm³/mol. The first kappa shape index (κ1) is 28.8. The molecule has 1 saturated heterocycles. The molecule has 1 aliphatic heterocycles. The van der Waals surface area contributed by atoms with E-state index in [0.29, 0.717) is 41.8 Å². The summed E-state index contributed by atoms with van der Waals surface area (Å²) in [5, 5.41) is 0.798. The average Bonchev–Trinajstić information content (AvgIpc) is 2.91. The molecule has 1 aliphatic rings. The van der Waals surface area contributed by atoms with E-state index in [4.69, 9.17) is 23.2 Å². The van der Waals surface area contributed by atoms with Crippen LogP contribution in [0.15, 0.2) is 88.2 Å². The van der Waals surface area contributed by atoms with Gasteiger partial charge in [-0.05, 0) is 47.5 Å². The Morgan fingerprint density at radius 2 is 1.63 bits per heavy atom. The second kappa shape index (κ2) is 13.2. The van der Waals surface area contributed by atoms with Gasteiger partial charge < -0.3 is 4.90 Å². The van der Waals surface area contributed by atoms with Crippen LogP contribution in [0.5, 0.6) is 0 Å². The molecule has 10 heteroatoms. The molecule has 0 N–H and O–H groups in total. The SMILES string of the molecule is O=C(CN(Cc1ccc(Cl)cc1Cl)S(=O)(=O)c1ccc(Br)cc1)N1CCN(C/C=C/c2ccccc2)CC1. The van der Waals surface area contributed by atoms with Crippen LogP contribution in [0.3, 0.4) is 0 Å². The molecule has 38 heavy (non-hydrogen) atoms. The minimum atomic E-state index is -3.97. The van der Waals surface area contributed by atoms with E-state index < -0.39 is 10.0 Å². The molecule has 0 bridgehead atoms. The number of benzene rings is 3. The highest BCUT2D eigenvalue weighted by Gasteiger charge is 2.30. The Labute approximate surface area is 242 Å². The molecule has 0 spiro atoms. The van der Waals surface area contributed by atoms with Crippen molar-refractivity contribution < 1.29 is 13.2 Å². The number of carbonyl (C=O) groups excluding carboxylic acids is 1. The summed E-state index contributed by atoms with van der Waals surface area (Å²) in [5.74, 6) is -0.241. The standard InChI is InChI=1S/C28H28BrCl2N3O3S/c29-24-9-12-26(13-10-24)38(36,37)34(20-23-8-11-25(30)19-27(23)31)21-28(35)33-17-15-32(16-18-33)14-4-7-22-5-2-1-3-6-22/h1-13,19H,14-18,20-21H2/b7-4+. The molecule has 0 radical (unpaired) electrons. The molecular formula is C28H28BrCl2N3O3S. The van der Waals surface area contributed by atoms with Gasteiger partial charge in [0, 0.05) is 53.8 Å². The Balaban J connectivity index is 1.43. The van der Waals surface area contributed by atoms with Crippen molar-refractivity contribution in [2.45, 2.75) is 11.4 Å². The van der Waals surface area contributed by atoms with Crippen LogP contribution in [0.4, 0.5) is 0 Å². The number of piperazine rings is 1. The predicted octanol–water partition coefficient (Wildman–Crippen LogP) is 5.80. The maximum atomic E-state index is 13.6. The van der Waals surface area contributed by atoms with Gasteiger partial charge in [0.25, 0.3) is 0 Å². The van der Waals surface area contributed by atoms with Gasteiger partial charge in [0.2, 0.25) is 15.9 Å². The molecule has 3 aromatic carbocycles. The summed E-state index contributed by atoms with van der Waals surface area (Å²) in [6.07, 6.45) is 4.21. The number of amides is 1. The fraction of sp³-hybridized carbons (Fsp3) is 0.250. The molecule has 0 saturated carbocycles. The van der Waals surface area contributed by atoms with E-state index in [-0.39, 0.29) is 23.9 Å². The third-order valence-electron chi connectivity index (χ3n) is 6.32. The summed E-state index contributed by atoms with van der Waals surface area (Å²) in [5.41, 5.74) is 1.72. The molecule has 0 atom stereocenters. The zero-order valence-corrected chi connectivity index (χ0v) is 24.6. The Morgan fingerprint density at radius 1 is 0.947 bits per heavy atom. The first-order chi connectivity index (χ1) is 18.2. The fourth-order valence-electron chi connectivity index (χ4n) is 4.15. The van der Waals surface area contributed by atoms with Gasteiger partial charge in [-0.1, -0.05) is 87.7 Å². The summed E-state index contributed by atoms with van der Waals surface area (Å²) >= 11 is 15.7. The van der Waals surface area contributed by atoms with Gasteiger partial charge in [-0.2, -0.15) is 4.31 Å². The van der Waals surface area contributed by atoms with Crippen LogP contribution in [0.25, 0.3) is 6.08 Å². The van der Waals surface area contributed by atoms with E-state index in [9.17, 15) is 13.2 Å². The monoisotopic (exact) mass is 635 g/mol. The van der Waals surface area contributed by atoms with Crippen molar-refractivity contribution in [2.75, 3.05) is 39.3 Å². The van der Waals surface area contributed by atoms with Crippen molar-refractivity contribution >= 4 is 61.1 Å². The van der Waals surface area contributed by atoms with Crippen molar-refractivity contribution in [3.8, 4) is 0 Å². The number of rotatable bonds is 9. The lowest BCUT2D eigenvalue weighted by Crippen LogP contribution is -2.51. The highest BCUT2D eigenvalue weighted by molar-refractivity contribution is 9.10. The molecule has 1 heterocycles. The van der Waals surface area contributed by atoms with Crippen LogP contribution in [0, 0.1) is 0 Å². The van der Waals surface area contributed by atoms with Crippen LogP contribution in [0.1, 0.15) is 11.1 Å². The average molecular weight is 637 g/mol. The number of carbonyl (C=O) groups is 1. The molecule has 6 nitrogen and oxygen atoms in total.